The first-order chi connectivity index (χ1) is 6.16. The summed E-state index contributed by atoms with van der Waals surface area (Å²) in [6.45, 7) is 3.01. The molecular weight excluding hydrogens is 190 g/mol. The molecule has 1 aromatic heterocycles. The molecule has 13 heavy (non-hydrogen) atoms. The lowest BCUT2D eigenvalue weighted by atomic mass is 10.3. The number of carbonyl (C=O) groups is 1. The van der Waals surface area contributed by atoms with E-state index in [-0.39, 0.29) is 5.78 Å². The zero-order valence-corrected chi connectivity index (χ0v) is 8.43. The van der Waals surface area contributed by atoms with Gasteiger partial charge >= 0.3 is 0 Å². The number of aryl methyl sites for hydroxylation is 1. The van der Waals surface area contributed by atoms with Crippen molar-refractivity contribution in [3.63, 3.8) is 0 Å². The number of aromatic nitrogens is 2. The Kier molecular flexibility index (Phi) is 3.45. The van der Waals surface area contributed by atoms with Gasteiger partial charge in [0.05, 0.1) is 17.8 Å². The van der Waals surface area contributed by atoms with Gasteiger partial charge in [-0.05, 0) is 6.54 Å². The van der Waals surface area contributed by atoms with E-state index in [9.17, 15) is 4.79 Å². The van der Waals surface area contributed by atoms with Crippen molar-refractivity contribution in [3.8, 4) is 0 Å². The van der Waals surface area contributed by atoms with E-state index in [0.717, 1.165) is 6.54 Å². The molecule has 1 N–H and O–H groups in total. The molecule has 0 spiro atoms. The first-order valence-corrected chi connectivity index (χ1v) is 4.46. The predicted molar refractivity (Wildman–Crippen MR) is 51.1 cm³/mol. The largest absolute Gasteiger partial charge is 0.310 e. The highest BCUT2D eigenvalue weighted by molar-refractivity contribution is 6.33. The van der Waals surface area contributed by atoms with Crippen molar-refractivity contribution >= 4 is 17.4 Å². The van der Waals surface area contributed by atoms with Crippen LogP contribution in [0.3, 0.4) is 0 Å². The Morgan fingerprint density at radius 2 is 2.46 bits per heavy atom. The maximum absolute atomic E-state index is 11.5. The van der Waals surface area contributed by atoms with E-state index >= 15 is 0 Å². The van der Waals surface area contributed by atoms with Crippen molar-refractivity contribution in [1.29, 1.82) is 0 Å². The number of Topliss-reactive ketones (excluding diaryl/α,β-unsaturated/α-hetero) is 1. The third-order valence-corrected chi connectivity index (χ3v) is 1.97. The minimum Gasteiger partial charge on any atom is -0.310 e. The van der Waals surface area contributed by atoms with Crippen LogP contribution in [0.5, 0.6) is 0 Å². The Hall–Kier alpha value is -0.870. The number of halogens is 1. The highest BCUT2D eigenvalue weighted by Gasteiger charge is 2.14. The molecule has 0 bridgehead atoms. The number of ketones is 1. The van der Waals surface area contributed by atoms with Crippen LogP contribution in [-0.4, -0.2) is 28.7 Å². The van der Waals surface area contributed by atoms with Gasteiger partial charge in [0, 0.05) is 7.05 Å². The molecule has 0 aliphatic rings. The van der Waals surface area contributed by atoms with Gasteiger partial charge in [0.25, 0.3) is 0 Å². The zero-order valence-electron chi connectivity index (χ0n) is 7.67. The number of nitrogens with one attached hydrogen (secondary N) is 1. The third kappa shape index (κ3) is 2.29. The van der Waals surface area contributed by atoms with Gasteiger partial charge in [-0.15, -0.1) is 0 Å². The van der Waals surface area contributed by atoms with Gasteiger partial charge in [0.1, 0.15) is 5.69 Å². The van der Waals surface area contributed by atoms with Crippen molar-refractivity contribution in [2.45, 2.75) is 6.92 Å². The van der Waals surface area contributed by atoms with Gasteiger partial charge < -0.3 is 5.32 Å². The van der Waals surface area contributed by atoms with Crippen LogP contribution in [0, 0.1) is 0 Å². The second-order valence-corrected chi connectivity index (χ2v) is 3.08. The molecule has 0 fully saturated rings. The van der Waals surface area contributed by atoms with E-state index in [1.807, 2.05) is 6.92 Å². The fourth-order valence-corrected chi connectivity index (χ4v) is 1.32. The molecule has 0 radical (unpaired) electrons. The van der Waals surface area contributed by atoms with Crippen LogP contribution in [0.25, 0.3) is 0 Å². The summed E-state index contributed by atoms with van der Waals surface area (Å²) in [5.74, 6) is -0.0353. The Morgan fingerprint density at radius 3 is 2.92 bits per heavy atom. The second kappa shape index (κ2) is 4.39. The number of likely N-dealkylation sites (N-methyl/N-ethyl adjacent to an activating group) is 1. The molecule has 0 unspecified atom stereocenters. The van der Waals surface area contributed by atoms with Crippen LogP contribution >= 0.6 is 11.6 Å². The van der Waals surface area contributed by atoms with Crippen molar-refractivity contribution in [2.24, 2.45) is 7.05 Å². The molecule has 72 valence electrons. The van der Waals surface area contributed by atoms with Gasteiger partial charge in [0.2, 0.25) is 0 Å². The Bertz CT molecular complexity index is 289. The average Bonchev–Trinajstić information content (AvgIpc) is 2.42. The molecule has 1 aromatic rings. The Morgan fingerprint density at radius 1 is 1.77 bits per heavy atom. The van der Waals surface area contributed by atoms with Crippen LogP contribution < -0.4 is 5.32 Å². The molecule has 1 rings (SSSR count). The summed E-state index contributed by atoms with van der Waals surface area (Å²) < 4.78 is 1.49. The van der Waals surface area contributed by atoms with Gasteiger partial charge in [0.15, 0.2) is 5.78 Å². The van der Waals surface area contributed by atoms with E-state index in [0.29, 0.717) is 17.3 Å². The van der Waals surface area contributed by atoms with E-state index in [2.05, 4.69) is 10.4 Å². The summed E-state index contributed by atoms with van der Waals surface area (Å²) in [5, 5.41) is 7.23. The molecule has 0 aliphatic carbocycles. The van der Waals surface area contributed by atoms with E-state index in [4.69, 9.17) is 11.6 Å². The lowest BCUT2D eigenvalue weighted by Crippen LogP contribution is -2.24. The third-order valence-electron chi connectivity index (χ3n) is 1.69. The quantitative estimate of drug-likeness (QED) is 0.736. The molecule has 0 aliphatic heterocycles. The summed E-state index contributed by atoms with van der Waals surface area (Å²) in [6.07, 6.45) is 1.47. The van der Waals surface area contributed by atoms with Gasteiger partial charge in [-0.2, -0.15) is 5.10 Å². The maximum atomic E-state index is 11.5. The van der Waals surface area contributed by atoms with Gasteiger partial charge in [-0.3, -0.25) is 9.48 Å². The first-order valence-electron chi connectivity index (χ1n) is 4.08. The van der Waals surface area contributed by atoms with Crippen LogP contribution in [0.15, 0.2) is 6.20 Å². The summed E-state index contributed by atoms with van der Waals surface area (Å²) in [6, 6.07) is 0. The minimum atomic E-state index is -0.0353. The molecule has 5 heteroatoms. The van der Waals surface area contributed by atoms with Crippen LogP contribution in [-0.2, 0) is 7.05 Å². The molecule has 0 amide bonds. The fraction of sp³-hybridized carbons (Fsp3) is 0.500. The summed E-state index contributed by atoms with van der Waals surface area (Å²) >= 11 is 5.79. The number of hydrogen-bond acceptors (Lipinski definition) is 3. The maximum Gasteiger partial charge on any atom is 0.196 e. The van der Waals surface area contributed by atoms with Crippen molar-refractivity contribution in [2.75, 3.05) is 13.1 Å². The number of hydrogen-bond donors (Lipinski definition) is 1. The lowest BCUT2D eigenvalue weighted by Gasteiger charge is -2.02. The van der Waals surface area contributed by atoms with Crippen molar-refractivity contribution in [1.82, 2.24) is 15.1 Å². The minimum absolute atomic E-state index is 0.0353. The topological polar surface area (TPSA) is 46.9 Å². The van der Waals surface area contributed by atoms with Gasteiger partial charge in [-0.1, -0.05) is 18.5 Å². The lowest BCUT2D eigenvalue weighted by molar-refractivity contribution is 0.0983. The fourth-order valence-electron chi connectivity index (χ4n) is 1.05. The molecule has 0 atom stereocenters. The van der Waals surface area contributed by atoms with E-state index < -0.39 is 0 Å². The monoisotopic (exact) mass is 201 g/mol. The number of rotatable bonds is 4. The molecule has 0 saturated carbocycles. The van der Waals surface area contributed by atoms with Crippen LogP contribution in [0.4, 0.5) is 0 Å². The molecular formula is C8H12ClN3O. The SMILES string of the molecule is CCNCC(=O)c1c(Cl)cnn1C. The predicted octanol–water partition coefficient (Wildman–Crippen LogP) is 0.866. The highest BCUT2D eigenvalue weighted by atomic mass is 35.5. The van der Waals surface area contributed by atoms with E-state index in [1.54, 1.807) is 7.05 Å². The van der Waals surface area contributed by atoms with Gasteiger partial charge in [-0.25, -0.2) is 0 Å². The number of carbonyl (C=O) groups excluding carboxylic acids is 1. The highest BCUT2D eigenvalue weighted by Crippen LogP contribution is 2.13. The molecule has 0 aromatic carbocycles. The Balaban J connectivity index is 2.76. The first kappa shape index (κ1) is 10.2. The van der Waals surface area contributed by atoms with Crippen molar-refractivity contribution < 1.29 is 4.79 Å². The van der Waals surface area contributed by atoms with Crippen molar-refractivity contribution in [3.05, 3.63) is 16.9 Å². The molecule has 0 saturated heterocycles. The number of nitrogens with zero attached hydrogens (tertiary/aromatic N) is 2. The smallest absolute Gasteiger partial charge is 0.196 e. The zero-order chi connectivity index (χ0) is 9.84. The average molecular weight is 202 g/mol. The second-order valence-electron chi connectivity index (χ2n) is 2.67. The Labute approximate surface area is 81.9 Å². The van der Waals surface area contributed by atoms with E-state index in [1.165, 1.54) is 10.9 Å². The molecule has 1 heterocycles. The van der Waals surface area contributed by atoms with Crippen LogP contribution in [0.2, 0.25) is 5.02 Å². The standard InChI is InChI=1S/C8H12ClN3O/c1-3-10-5-7(13)8-6(9)4-11-12(8)2/h4,10H,3,5H2,1-2H3. The summed E-state index contributed by atoms with van der Waals surface area (Å²) in [7, 11) is 1.70. The van der Waals surface area contributed by atoms with Crippen LogP contribution in [0.1, 0.15) is 17.4 Å². The summed E-state index contributed by atoms with van der Waals surface area (Å²) in [4.78, 5) is 11.5. The molecule has 4 nitrogen and oxygen atoms in total. The normalized spacial score (nSPS) is 10.4. The summed E-state index contributed by atoms with van der Waals surface area (Å²) in [5.41, 5.74) is 0.461.